The van der Waals surface area contributed by atoms with Gasteiger partial charge in [0.2, 0.25) is 0 Å². The van der Waals surface area contributed by atoms with Crippen LogP contribution in [0, 0.1) is 5.92 Å². The molecule has 1 heterocycles. The standard InChI is InChI=1S/C23H29NO2S/c25-27(26,17-20-8-4-9-20)18-21-10-5-11-22(14-21)23-12-13-24(16-23)15-19-6-2-1-3-7-19/h1-3,5-7,10-11,14,20,23H,4,8-9,12-13,15-18H2. The van der Waals surface area contributed by atoms with Gasteiger partial charge in [-0.3, -0.25) is 4.90 Å². The molecule has 0 N–H and O–H groups in total. The van der Waals surface area contributed by atoms with E-state index >= 15 is 0 Å². The molecular formula is C23H29NO2S. The van der Waals surface area contributed by atoms with Gasteiger partial charge in [0, 0.05) is 13.1 Å². The molecule has 2 aromatic rings. The van der Waals surface area contributed by atoms with Crippen molar-refractivity contribution in [2.24, 2.45) is 5.92 Å². The Balaban J connectivity index is 1.37. The van der Waals surface area contributed by atoms with E-state index in [1.54, 1.807) is 0 Å². The van der Waals surface area contributed by atoms with Crippen molar-refractivity contribution in [3.8, 4) is 0 Å². The van der Waals surface area contributed by atoms with Gasteiger partial charge in [0.05, 0.1) is 11.5 Å². The Hall–Kier alpha value is -1.65. The Bertz CT molecular complexity index is 859. The van der Waals surface area contributed by atoms with Crippen LogP contribution in [-0.4, -0.2) is 32.2 Å². The number of nitrogens with zero attached hydrogens (tertiary/aromatic N) is 1. The average Bonchev–Trinajstić information content (AvgIpc) is 3.08. The van der Waals surface area contributed by atoms with Crippen LogP contribution >= 0.6 is 0 Å². The first-order valence-corrected chi connectivity index (χ1v) is 11.9. The molecule has 1 saturated carbocycles. The molecule has 1 unspecified atom stereocenters. The van der Waals surface area contributed by atoms with E-state index in [0.717, 1.165) is 44.5 Å². The smallest absolute Gasteiger partial charge is 0.154 e. The topological polar surface area (TPSA) is 37.4 Å². The Morgan fingerprint density at radius 1 is 0.926 bits per heavy atom. The molecular weight excluding hydrogens is 354 g/mol. The van der Waals surface area contributed by atoms with E-state index in [-0.39, 0.29) is 5.75 Å². The van der Waals surface area contributed by atoms with Gasteiger partial charge in [0.25, 0.3) is 0 Å². The first kappa shape index (κ1) is 18.7. The number of rotatable bonds is 7. The lowest BCUT2D eigenvalue weighted by molar-refractivity contribution is 0.327. The fourth-order valence-corrected chi connectivity index (χ4v) is 6.22. The lowest BCUT2D eigenvalue weighted by Gasteiger charge is -2.24. The molecule has 0 radical (unpaired) electrons. The van der Waals surface area contributed by atoms with Crippen molar-refractivity contribution in [1.82, 2.24) is 4.90 Å². The van der Waals surface area contributed by atoms with Crippen molar-refractivity contribution in [3.63, 3.8) is 0 Å². The summed E-state index contributed by atoms with van der Waals surface area (Å²) in [5.74, 6) is 1.46. The molecule has 1 aliphatic carbocycles. The number of sulfone groups is 1. The summed E-state index contributed by atoms with van der Waals surface area (Å²) >= 11 is 0. The second kappa shape index (κ2) is 8.15. The van der Waals surface area contributed by atoms with Crippen molar-refractivity contribution < 1.29 is 8.42 Å². The first-order chi connectivity index (χ1) is 13.1. The molecule has 3 nitrogen and oxygen atoms in total. The molecule has 2 aromatic carbocycles. The van der Waals surface area contributed by atoms with Gasteiger partial charge in [-0.25, -0.2) is 8.42 Å². The van der Waals surface area contributed by atoms with Gasteiger partial charge in [0.1, 0.15) is 0 Å². The van der Waals surface area contributed by atoms with E-state index in [9.17, 15) is 8.42 Å². The summed E-state index contributed by atoms with van der Waals surface area (Å²) in [6.45, 7) is 3.14. The molecule has 1 atom stereocenters. The fourth-order valence-electron chi connectivity index (χ4n) is 4.36. The van der Waals surface area contributed by atoms with Gasteiger partial charge in [-0.1, -0.05) is 61.0 Å². The maximum atomic E-state index is 12.5. The zero-order valence-corrected chi connectivity index (χ0v) is 16.7. The van der Waals surface area contributed by atoms with Crippen molar-refractivity contribution in [3.05, 3.63) is 71.3 Å². The van der Waals surface area contributed by atoms with Crippen LogP contribution in [0.5, 0.6) is 0 Å². The fraction of sp³-hybridized carbons (Fsp3) is 0.478. The minimum absolute atomic E-state index is 0.192. The molecule has 4 rings (SSSR count). The van der Waals surface area contributed by atoms with E-state index < -0.39 is 9.84 Å². The van der Waals surface area contributed by atoms with Crippen LogP contribution in [-0.2, 0) is 22.1 Å². The summed E-state index contributed by atoms with van der Waals surface area (Å²) < 4.78 is 25.0. The molecule has 1 saturated heterocycles. The third kappa shape index (κ3) is 4.99. The van der Waals surface area contributed by atoms with Crippen LogP contribution < -0.4 is 0 Å². The predicted octanol–water partition coefficient (Wildman–Crippen LogP) is 4.39. The van der Waals surface area contributed by atoms with Gasteiger partial charge in [-0.05, 0) is 54.3 Å². The SMILES string of the molecule is O=S(=O)(Cc1cccc(C2CCN(Cc3ccccc3)C2)c1)CC1CCC1. The molecule has 0 bridgehead atoms. The normalized spacial score (nSPS) is 21.3. The quantitative estimate of drug-likeness (QED) is 0.711. The zero-order chi connectivity index (χ0) is 18.7. The highest BCUT2D eigenvalue weighted by Crippen LogP contribution is 2.30. The van der Waals surface area contributed by atoms with Crippen molar-refractivity contribution in [2.75, 3.05) is 18.8 Å². The minimum atomic E-state index is -3.00. The zero-order valence-electron chi connectivity index (χ0n) is 15.9. The van der Waals surface area contributed by atoms with Crippen LogP contribution in [0.25, 0.3) is 0 Å². The molecule has 0 aromatic heterocycles. The van der Waals surface area contributed by atoms with Crippen LogP contribution in [0.3, 0.4) is 0 Å². The van der Waals surface area contributed by atoms with Crippen LogP contribution in [0.2, 0.25) is 0 Å². The highest BCUT2D eigenvalue weighted by molar-refractivity contribution is 7.90. The lowest BCUT2D eigenvalue weighted by atomic mass is 9.87. The van der Waals surface area contributed by atoms with Gasteiger partial charge in [0.15, 0.2) is 9.84 Å². The van der Waals surface area contributed by atoms with Gasteiger partial charge in [-0.15, -0.1) is 0 Å². The largest absolute Gasteiger partial charge is 0.298 e. The highest BCUT2D eigenvalue weighted by atomic mass is 32.2. The van der Waals surface area contributed by atoms with E-state index in [2.05, 4.69) is 47.4 Å². The second-order valence-corrected chi connectivity index (χ2v) is 10.4. The number of benzene rings is 2. The Morgan fingerprint density at radius 3 is 2.44 bits per heavy atom. The van der Waals surface area contributed by atoms with Crippen LogP contribution in [0.15, 0.2) is 54.6 Å². The first-order valence-electron chi connectivity index (χ1n) is 10.1. The second-order valence-electron chi connectivity index (χ2n) is 8.30. The number of hydrogen-bond acceptors (Lipinski definition) is 3. The van der Waals surface area contributed by atoms with Crippen LogP contribution in [0.1, 0.15) is 48.3 Å². The maximum Gasteiger partial charge on any atom is 0.154 e. The van der Waals surface area contributed by atoms with Crippen molar-refractivity contribution in [2.45, 2.75) is 43.9 Å². The Labute approximate surface area is 163 Å². The Morgan fingerprint density at radius 2 is 1.70 bits per heavy atom. The molecule has 2 fully saturated rings. The molecule has 4 heteroatoms. The monoisotopic (exact) mass is 383 g/mol. The number of likely N-dealkylation sites (tertiary alicyclic amines) is 1. The predicted molar refractivity (Wildman–Crippen MR) is 110 cm³/mol. The molecule has 1 aliphatic heterocycles. The van der Waals surface area contributed by atoms with E-state index in [4.69, 9.17) is 0 Å². The van der Waals surface area contributed by atoms with E-state index in [1.165, 1.54) is 17.5 Å². The third-order valence-electron chi connectivity index (χ3n) is 6.04. The summed E-state index contributed by atoms with van der Waals surface area (Å²) in [6, 6.07) is 18.9. The lowest BCUT2D eigenvalue weighted by Crippen LogP contribution is -2.23. The van der Waals surface area contributed by atoms with Gasteiger partial charge < -0.3 is 0 Å². The molecule has 0 amide bonds. The Kier molecular flexibility index (Phi) is 5.65. The summed E-state index contributed by atoms with van der Waals surface area (Å²) in [5.41, 5.74) is 3.60. The van der Waals surface area contributed by atoms with Crippen molar-refractivity contribution in [1.29, 1.82) is 0 Å². The molecule has 0 spiro atoms. The molecule has 27 heavy (non-hydrogen) atoms. The minimum Gasteiger partial charge on any atom is -0.298 e. The van der Waals surface area contributed by atoms with Crippen molar-refractivity contribution >= 4 is 9.84 Å². The summed E-state index contributed by atoms with van der Waals surface area (Å²) in [7, 11) is -3.00. The average molecular weight is 384 g/mol. The van der Waals surface area contributed by atoms with E-state index in [1.807, 2.05) is 12.1 Å². The third-order valence-corrected chi connectivity index (χ3v) is 7.80. The van der Waals surface area contributed by atoms with Gasteiger partial charge in [-0.2, -0.15) is 0 Å². The summed E-state index contributed by atoms with van der Waals surface area (Å²) in [4.78, 5) is 2.50. The van der Waals surface area contributed by atoms with Crippen LogP contribution in [0.4, 0.5) is 0 Å². The molecule has 2 aliphatic rings. The maximum absolute atomic E-state index is 12.5. The highest BCUT2D eigenvalue weighted by Gasteiger charge is 2.26. The van der Waals surface area contributed by atoms with Gasteiger partial charge >= 0.3 is 0 Å². The summed E-state index contributed by atoms with van der Waals surface area (Å²) in [5, 5.41) is 0. The molecule has 144 valence electrons. The number of hydrogen-bond donors (Lipinski definition) is 0. The van der Waals surface area contributed by atoms with E-state index in [0.29, 0.717) is 17.6 Å². The summed E-state index contributed by atoms with van der Waals surface area (Å²) in [6.07, 6.45) is 4.50.